The van der Waals surface area contributed by atoms with Gasteiger partial charge in [0, 0.05) is 13.1 Å². The zero-order valence-electron chi connectivity index (χ0n) is 13.6. The molecule has 0 aliphatic heterocycles. The number of benzene rings is 2. The molecule has 0 fully saturated rings. The van der Waals surface area contributed by atoms with Crippen molar-refractivity contribution >= 4 is 0 Å². The maximum Gasteiger partial charge on any atom is 0.161 e. The monoisotopic (exact) mass is 299 g/mol. The largest absolute Gasteiger partial charge is 0.493 e. The lowest BCUT2D eigenvalue weighted by atomic mass is 10.0. The van der Waals surface area contributed by atoms with Gasteiger partial charge in [0.15, 0.2) is 11.5 Å². The molecule has 0 spiro atoms. The molecule has 1 N–H and O–H groups in total. The predicted molar refractivity (Wildman–Crippen MR) is 90.7 cm³/mol. The van der Waals surface area contributed by atoms with Crippen molar-refractivity contribution in [2.75, 3.05) is 20.3 Å². The predicted octanol–water partition coefficient (Wildman–Crippen LogP) is 3.99. The van der Waals surface area contributed by atoms with E-state index in [-0.39, 0.29) is 0 Å². The molecule has 0 aliphatic carbocycles. The second-order valence-electron chi connectivity index (χ2n) is 5.36. The molecule has 1 unspecified atom stereocenters. The number of nitrogens with one attached hydrogen (secondary N) is 1. The van der Waals surface area contributed by atoms with E-state index in [0.29, 0.717) is 12.5 Å². The smallest absolute Gasteiger partial charge is 0.161 e. The van der Waals surface area contributed by atoms with E-state index in [0.717, 1.165) is 24.6 Å². The molecule has 0 radical (unpaired) electrons. The van der Waals surface area contributed by atoms with Crippen molar-refractivity contribution in [2.45, 2.75) is 26.3 Å². The Morgan fingerprint density at radius 3 is 2.50 bits per heavy atom. The maximum atomic E-state index is 5.61. The molecule has 22 heavy (non-hydrogen) atoms. The summed E-state index contributed by atoms with van der Waals surface area (Å²) in [6.07, 6.45) is 0. The van der Waals surface area contributed by atoms with Crippen LogP contribution in [0.25, 0.3) is 0 Å². The van der Waals surface area contributed by atoms with Gasteiger partial charge >= 0.3 is 0 Å². The number of hydrogen-bond acceptors (Lipinski definition) is 3. The van der Waals surface area contributed by atoms with Crippen LogP contribution in [0, 0.1) is 0 Å². The summed E-state index contributed by atoms with van der Waals surface area (Å²) in [6.45, 7) is 6.62. The molecule has 118 valence electrons. The van der Waals surface area contributed by atoms with E-state index >= 15 is 0 Å². The first-order valence-electron chi connectivity index (χ1n) is 7.80. The quantitative estimate of drug-likeness (QED) is 0.799. The molecule has 3 heteroatoms. The fourth-order valence-corrected chi connectivity index (χ4v) is 2.43. The van der Waals surface area contributed by atoms with Gasteiger partial charge in [0.2, 0.25) is 0 Å². The molecular formula is C19H25NO2. The zero-order chi connectivity index (χ0) is 15.8. The molecular weight excluding hydrogens is 274 g/mol. The first-order valence-corrected chi connectivity index (χ1v) is 7.80. The highest BCUT2D eigenvalue weighted by atomic mass is 16.5. The summed E-state index contributed by atoms with van der Waals surface area (Å²) in [6, 6.07) is 16.6. The van der Waals surface area contributed by atoms with Gasteiger partial charge in [-0.25, -0.2) is 0 Å². The van der Waals surface area contributed by atoms with Crippen LogP contribution in [0.15, 0.2) is 48.5 Å². The fourth-order valence-electron chi connectivity index (χ4n) is 2.43. The summed E-state index contributed by atoms with van der Waals surface area (Å²) in [7, 11) is 1.66. The third-order valence-electron chi connectivity index (χ3n) is 3.68. The topological polar surface area (TPSA) is 30.5 Å². The third-order valence-corrected chi connectivity index (χ3v) is 3.68. The molecule has 2 aromatic carbocycles. The van der Waals surface area contributed by atoms with Gasteiger partial charge in [0.1, 0.15) is 0 Å². The van der Waals surface area contributed by atoms with Crippen LogP contribution in [-0.4, -0.2) is 20.3 Å². The maximum absolute atomic E-state index is 5.61. The summed E-state index contributed by atoms with van der Waals surface area (Å²) in [5, 5.41) is 3.51. The summed E-state index contributed by atoms with van der Waals surface area (Å²) >= 11 is 0. The minimum Gasteiger partial charge on any atom is -0.493 e. The lowest BCUT2D eigenvalue weighted by Gasteiger charge is -2.14. The van der Waals surface area contributed by atoms with E-state index in [1.54, 1.807) is 7.11 Å². The fraction of sp³-hybridized carbons (Fsp3) is 0.368. The minimum absolute atomic E-state index is 0.491. The molecule has 0 saturated heterocycles. The average molecular weight is 299 g/mol. The van der Waals surface area contributed by atoms with Crippen molar-refractivity contribution in [1.82, 2.24) is 5.32 Å². The molecule has 3 nitrogen and oxygen atoms in total. The van der Waals surface area contributed by atoms with Crippen molar-refractivity contribution in [2.24, 2.45) is 0 Å². The second kappa shape index (κ2) is 8.44. The summed E-state index contributed by atoms with van der Waals surface area (Å²) in [5.41, 5.74) is 2.56. The molecule has 0 amide bonds. The van der Waals surface area contributed by atoms with Gasteiger partial charge in [0.25, 0.3) is 0 Å². The van der Waals surface area contributed by atoms with E-state index in [9.17, 15) is 0 Å². The second-order valence-corrected chi connectivity index (χ2v) is 5.36. The highest BCUT2D eigenvalue weighted by Crippen LogP contribution is 2.28. The van der Waals surface area contributed by atoms with Crippen LogP contribution in [0.2, 0.25) is 0 Å². The molecule has 0 aromatic heterocycles. The van der Waals surface area contributed by atoms with Crippen molar-refractivity contribution < 1.29 is 9.47 Å². The lowest BCUT2D eigenvalue weighted by molar-refractivity contribution is 0.310. The number of ether oxygens (including phenoxy) is 2. The lowest BCUT2D eigenvalue weighted by Crippen LogP contribution is -2.19. The number of rotatable bonds is 8. The van der Waals surface area contributed by atoms with Crippen LogP contribution in [-0.2, 0) is 6.54 Å². The third kappa shape index (κ3) is 4.50. The Hall–Kier alpha value is -2.00. The van der Waals surface area contributed by atoms with E-state index in [4.69, 9.17) is 9.47 Å². The van der Waals surface area contributed by atoms with E-state index in [1.165, 1.54) is 11.1 Å². The Bertz CT molecular complexity index is 569. The van der Waals surface area contributed by atoms with Gasteiger partial charge in [-0.15, -0.1) is 0 Å². The van der Waals surface area contributed by atoms with Gasteiger partial charge in [-0.05, 0) is 36.1 Å². The highest BCUT2D eigenvalue weighted by molar-refractivity contribution is 5.42. The Morgan fingerprint density at radius 2 is 1.82 bits per heavy atom. The van der Waals surface area contributed by atoms with E-state index in [2.05, 4.69) is 48.6 Å². The van der Waals surface area contributed by atoms with Gasteiger partial charge in [0.05, 0.1) is 13.7 Å². The van der Waals surface area contributed by atoms with E-state index < -0.39 is 0 Å². The van der Waals surface area contributed by atoms with Crippen molar-refractivity contribution in [1.29, 1.82) is 0 Å². The molecule has 2 aromatic rings. The summed E-state index contributed by atoms with van der Waals surface area (Å²) in [4.78, 5) is 0. The summed E-state index contributed by atoms with van der Waals surface area (Å²) in [5.74, 6) is 2.08. The standard InChI is InChI=1S/C19H25NO2/c1-4-22-19-12-16(10-11-18(19)21-3)14-20-13-15(2)17-8-6-5-7-9-17/h5-12,15,20H,4,13-14H2,1-3H3. The average Bonchev–Trinajstić information content (AvgIpc) is 2.56. The SMILES string of the molecule is CCOc1cc(CNCC(C)c2ccccc2)ccc1OC. The molecule has 2 rings (SSSR count). The Morgan fingerprint density at radius 1 is 1.05 bits per heavy atom. The van der Waals surface area contributed by atoms with Gasteiger partial charge in [-0.2, -0.15) is 0 Å². The Labute approximate surface area is 133 Å². The van der Waals surface area contributed by atoms with Crippen LogP contribution in [0.4, 0.5) is 0 Å². The molecule has 0 aliphatic rings. The van der Waals surface area contributed by atoms with E-state index in [1.807, 2.05) is 19.1 Å². The van der Waals surface area contributed by atoms with Crippen molar-refractivity contribution in [3.05, 3.63) is 59.7 Å². The van der Waals surface area contributed by atoms with Crippen LogP contribution in [0.1, 0.15) is 30.9 Å². The van der Waals surface area contributed by atoms with Crippen LogP contribution >= 0.6 is 0 Å². The normalized spacial score (nSPS) is 12.0. The van der Waals surface area contributed by atoms with Crippen LogP contribution < -0.4 is 14.8 Å². The molecule has 0 saturated carbocycles. The zero-order valence-corrected chi connectivity index (χ0v) is 13.6. The molecule has 0 heterocycles. The van der Waals surface area contributed by atoms with Crippen molar-refractivity contribution in [3.63, 3.8) is 0 Å². The first-order chi connectivity index (χ1) is 10.7. The first kappa shape index (κ1) is 16.4. The molecule has 0 bridgehead atoms. The number of hydrogen-bond donors (Lipinski definition) is 1. The highest BCUT2D eigenvalue weighted by Gasteiger charge is 2.07. The number of methoxy groups -OCH3 is 1. The minimum atomic E-state index is 0.491. The van der Waals surface area contributed by atoms with Crippen LogP contribution in [0.3, 0.4) is 0 Å². The van der Waals surface area contributed by atoms with Crippen molar-refractivity contribution in [3.8, 4) is 11.5 Å². The Kier molecular flexibility index (Phi) is 6.28. The van der Waals surface area contributed by atoms with Gasteiger partial charge < -0.3 is 14.8 Å². The van der Waals surface area contributed by atoms with Crippen LogP contribution in [0.5, 0.6) is 11.5 Å². The summed E-state index contributed by atoms with van der Waals surface area (Å²) < 4.78 is 10.9. The Balaban J connectivity index is 1.90. The van der Waals surface area contributed by atoms with Gasteiger partial charge in [-0.3, -0.25) is 0 Å². The van der Waals surface area contributed by atoms with Gasteiger partial charge in [-0.1, -0.05) is 43.3 Å². The molecule has 1 atom stereocenters.